The van der Waals surface area contributed by atoms with E-state index in [9.17, 15) is 14.4 Å². The number of hydrogen-bond acceptors (Lipinski definition) is 6. The van der Waals surface area contributed by atoms with E-state index in [0.29, 0.717) is 37.5 Å². The fraction of sp³-hybridized carbons (Fsp3) is 0.238. The molecule has 0 saturated carbocycles. The Morgan fingerprint density at radius 1 is 1.03 bits per heavy atom. The molecule has 0 atom stereocenters. The van der Waals surface area contributed by atoms with Crippen molar-refractivity contribution in [2.75, 3.05) is 20.3 Å². The SMILES string of the molecule is COCCCNC(=O)C(=O)N/N=C\c1ccc(OCc2ccc(C(=O)O)cc2)cc1. The Labute approximate surface area is 173 Å². The van der Waals surface area contributed by atoms with E-state index >= 15 is 0 Å². The average molecular weight is 413 g/mol. The molecule has 0 unspecified atom stereocenters. The summed E-state index contributed by atoms with van der Waals surface area (Å²) in [5, 5.41) is 15.1. The third-order valence-electron chi connectivity index (χ3n) is 3.88. The highest BCUT2D eigenvalue weighted by Gasteiger charge is 2.11. The molecule has 9 nitrogen and oxygen atoms in total. The highest BCUT2D eigenvalue weighted by atomic mass is 16.5. The smallest absolute Gasteiger partial charge is 0.335 e. The molecule has 0 radical (unpaired) electrons. The number of amides is 2. The van der Waals surface area contributed by atoms with Gasteiger partial charge in [-0.3, -0.25) is 9.59 Å². The van der Waals surface area contributed by atoms with Gasteiger partial charge in [-0.2, -0.15) is 5.10 Å². The Kier molecular flexibility index (Phi) is 9.01. The summed E-state index contributed by atoms with van der Waals surface area (Å²) < 4.78 is 10.5. The number of hydrazone groups is 1. The number of aromatic carboxylic acids is 1. The lowest BCUT2D eigenvalue weighted by Gasteiger charge is -2.07. The zero-order valence-electron chi connectivity index (χ0n) is 16.5. The minimum Gasteiger partial charge on any atom is -0.489 e. The molecule has 158 valence electrons. The highest BCUT2D eigenvalue weighted by molar-refractivity contribution is 6.35. The molecular weight excluding hydrogens is 390 g/mol. The van der Waals surface area contributed by atoms with Crippen molar-refractivity contribution in [3.05, 3.63) is 65.2 Å². The van der Waals surface area contributed by atoms with Gasteiger partial charge >= 0.3 is 17.8 Å². The first-order valence-corrected chi connectivity index (χ1v) is 9.15. The lowest BCUT2D eigenvalue weighted by molar-refractivity contribution is -0.139. The van der Waals surface area contributed by atoms with Gasteiger partial charge in [0.2, 0.25) is 0 Å². The first-order valence-electron chi connectivity index (χ1n) is 9.15. The Morgan fingerprint density at radius 2 is 1.73 bits per heavy atom. The van der Waals surface area contributed by atoms with Gasteiger partial charge in [0, 0.05) is 20.3 Å². The zero-order chi connectivity index (χ0) is 21.8. The van der Waals surface area contributed by atoms with E-state index in [0.717, 1.165) is 5.56 Å². The summed E-state index contributed by atoms with van der Waals surface area (Å²) in [6, 6.07) is 13.4. The van der Waals surface area contributed by atoms with E-state index in [-0.39, 0.29) is 5.56 Å². The molecule has 0 aromatic heterocycles. The number of nitrogens with zero attached hydrogens (tertiary/aromatic N) is 1. The Morgan fingerprint density at radius 3 is 2.37 bits per heavy atom. The third kappa shape index (κ3) is 7.72. The largest absolute Gasteiger partial charge is 0.489 e. The van der Waals surface area contributed by atoms with Crippen LogP contribution in [0.5, 0.6) is 5.75 Å². The molecule has 0 aliphatic rings. The Bertz CT molecular complexity index is 879. The predicted octanol–water partition coefficient (Wildman–Crippen LogP) is 1.57. The van der Waals surface area contributed by atoms with Crippen LogP contribution in [0.1, 0.15) is 27.9 Å². The molecule has 9 heteroatoms. The maximum atomic E-state index is 11.6. The van der Waals surface area contributed by atoms with Crippen LogP contribution in [0, 0.1) is 0 Å². The first kappa shape index (κ1) is 22.6. The van der Waals surface area contributed by atoms with E-state index in [1.807, 2.05) is 0 Å². The van der Waals surface area contributed by atoms with Crippen molar-refractivity contribution in [1.82, 2.24) is 10.7 Å². The van der Waals surface area contributed by atoms with Gasteiger partial charge in [0.15, 0.2) is 0 Å². The van der Waals surface area contributed by atoms with Crippen molar-refractivity contribution >= 4 is 24.0 Å². The second kappa shape index (κ2) is 12.0. The van der Waals surface area contributed by atoms with Crippen LogP contribution >= 0.6 is 0 Å². The van der Waals surface area contributed by atoms with Crippen LogP contribution in [0.25, 0.3) is 0 Å². The lowest BCUT2D eigenvalue weighted by Crippen LogP contribution is -2.38. The van der Waals surface area contributed by atoms with Crippen LogP contribution in [0.4, 0.5) is 0 Å². The predicted molar refractivity (Wildman–Crippen MR) is 109 cm³/mol. The van der Waals surface area contributed by atoms with Gasteiger partial charge < -0.3 is 19.9 Å². The summed E-state index contributed by atoms with van der Waals surface area (Å²) in [6.07, 6.45) is 2.02. The monoisotopic (exact) mass is 413 g/mol. The number of ether oxygens (including phenoxy) is 2. The standard InChI is InChI=1S/C21H23N3O6/c1-29-12-2-11-22-19(25)20(26)24-23-13-15-5-9-18(10-6-15)30-14-16-3-7-17(8-4-16)21(27)28/h3-10,13H,2,11-12,14H2,1H3,(H,22,25)(H,24,26)(H,27,28)/b23-13-. The molecule has 30 heavy (non-hydrogen) atoms. The first-order chi connectivity index (χ1) is 14.5. The van der Waals surface area contributed by atoms with E-state index in [1.54, 1.807) is 43.5 Å². The third-order valence-corrected chi connectivity index (χ3v) is 3.88. The van der Waals surface area contributed by atoms with E-state index in [4.69, 9.17) is 14.6 Å². The van der Waals surface area contributed by atoms with Crippen LogP contribution in [0.15, 0.2) is 53.6 Å². The summed E-state index contributed by atoms with van der Waals surface area (Å²) in [5.41, 5.74) is 3.92. The second-order valence-electron chi connectivity index (χ2n) is 6.16. The van der Waals surface area contributed by atoms with Crippen LogP contribution < -0.4 is 15.5 Å². The Balaban J connectivity index is 1.76. The normalized spacial score (nSPS) is 10.6. The van der Waals surface area contributed by atoms with Gasteiger partial charge in [-0.15, -0.1) is 0 Å². The van der Waals surface area contributed by atoms with E-state index in [2.05, 4.69) is 15.8 Å². The fourth-order valence-electron chi connectivity index (χ4n) is 2.28. The minimum atomic E-state index is -0.974. The number of rotatable bonds is 10. The van der Waals surface area contributed by atoms with Crippen molar-refractivity contribution < 1.29 is 29.0 Å². The molecule has 2 aromatic carbocycles. The number of benzene rings is 2. The minimum absolute atomic E-state index is 0.220. The molecule has 0 aliphatic carbocycles. The number of carbonyl (C=O) groups excluding carboxylic acids is 2. The summed E-state index contributed by atoms with van der Waals surface area (Å²) in [4.78, 5) is 34.0. The van der Waals surface area contributed by atoms with Crippen LogP contribution in [0.2, 0.25) is 0 Å². The van der Waals surface area contributed by atoms with Gasteiger partial charge in [-0.1, -0.05) is 12.1 Å². The van der Waals surface area contributed by atoms with Gasteiger partial charge in [0.05, 0.1) is 11.8 Å². The summed E-state index contributed by atoms with van der Waals surface area (Å²) >= 11 is 0. The maximum absolute atomic E-state index is 11.6. The highest BCUT2D eigenvalue weighted by Crippen LogP contribution is 2.14. The molecule has 3 N–H and O–H groups in total. The molecule has 0 spiro atoms. The fourth-order valence-corrected chi connectivity index (χ4v) is 2.28. The summed E-state index contributed by atoms with van der Waals surface area (Å²) in [5.74, 6) is -1.96. The molecule has 2 amide bonds. The zero-order valence-corrected chi connectivity index (χ0v) is 16.5. The molecule has 0 saturated heterocycles. The Hall–Kier alpha value is -3.72. The van der Waals surface area contributed by atoms with Gasteiger partial charge in [-0.25, -0.2) is 10.2 Å². The number of hydrogen-bond donors (Lipinski definition) is 3. The van der Waals surface area contributed by atoms with Crippen LogP contribution in [-0.2, 0) is 20.9 Å². The van der Waals surface area contributed by atoms with Crippen LogP contribution in [-0.4, -0.2) is 49.4 Å². The van der Waals surface area contributed by atoms with Crippen molar-refractivity contribution in [3.63, 3.8) is 0 Å². The number of nitrogens with one attached hydrogen (secondary N) is 2. The van der Waals surface area contributed by atoms with Crippen molar-refractivity contribution in [2.45, 2.75) is 13.0 Å². The summed E-state index contributed by atoms with van der Waals surface area (Å²) in [7, 11) is 1.56. The van der Waals surface area contributed by atoms with Gasteiger partial charge in [0.25, 0.3) is 0 Å². The lowest BCUT2D eigenvalue weighted by atomic mass is 10.1. The molecule has 0 aliphatic heterocycles. The number of methoxy groups -OCH3 is 1. The molecule has 2 rings (SSSR count). The van der Waals surface area contributed by atoms with Gasteiger partial charge in [-0.05, 0) is 53.9 Å². The number of carboxylic acid groups (broad SMARTS) is 1. The van der Waals surface area contributed by atoms with Crippen LogP contribution in [0.3, 0.4) is 0 Å². The second-order valence-corrected chi connectivity index (χ2v) is 6.16. The molecular formula is C21H23N3O6. The molecule has 0 fully saturated rings. The maximum Gasteiger partial charge on any atom is 0.335 e. The quantitative estimate of drug-likeness (QED) is 0.235. The molecule has 2 aromatic rings. The van der Waals surface area contributed by atoms with Crippen molar-refractivity contribution in [2.24, 2.45) is 5.10 Å². The number of carbonyl (C=O) groups is 3. The number of carboxylic acids is 1. The average Bonchev–Trinajstić information content (AvgIpc) is 2.76. The van der Waals surface area contributed by atoms with Gasteiger partial charge in [0.1, 0.15) is 12.4 Å². The van der Waals surface area contributed by atoms with E-state index in [1.165, 1.54) is 18.3 Å². The van der Waals surface area contributed by atoms with Crippen molar-refractivity contribution in [1.29, 1.82) is 0 Å². The summed E-state index contributed by atoms with van der Waals surface area (Å²) in [6.45, 7) is 1.13. The van der Waals surface area contributed by atoms with E-state index < -0.39 is 17.8 Å². The molecule has 0 bridgehead atoms. The van der Waals surface area contributed by atoms with Crippen molar-refractivity contribution in [3.8, 4) is 5.75 Å². The topological polar surface area (TPSA) is 126 Å². The molecule has 0 heterocycles.